The Morgan fingerprint density at radius 1 is 1.40 bits per heavy atom. The Balaban J connectivity index is 2.39. The first kappa shape index (κ1) is 16.6. The Morgan fingerprint density at radius 3 is 2.50 bits per heavy atom. The van der Waals surface area contributed by atoms with Crippen LogP contribution in [0.1, 0.15) is 33.6 Å². The second kappa shape index (κ2) is 5.45. The van der Waals surface area contributed by atoms with Gasteiger partial charge in [-0.1, -0.05) is 20.8 Å². The zero-order valence-electron chi connectivity index (χ0n) is 13.1. The average Bonchev–Trinajstić information content (AvgIpc) is 2.58. The van der Waals surface area contributed by atoms with Gasteiger partial charge in [-0.3, -0.25) is 4.90 Å². The molecule has 1 heterocycles. The molecule has 1 saturated carbocycles. The van der Waals surface area contributed by atoms with Gasteiger partial charge in [0, 0.05) is 36.4 Å². The molecule has 0 radical (unpaired) electrons. The highest BCUT2D eigenvalue weighted by atomic mass is 32.2. The van der Waals surface area contributed by atoms with E-state index in [0.29, 0.717) is 18.2 Å². The molecule has 1 saturated heterocycles. The molecule has 0 spiro atoms. The summed E-state index contributed by atoms with van der Waals surface area (Å²) in [4.78, 5) is 2.23. The van der Waals surface area contributed by atoms with Gasteiger partial charge in [0.05, 0.1) is 0 Å². The summed E-state index contributed by atoms with van der Waals surface area (Å²) < 4.78 is 24.4. The minimum atomic E-state index is -3.07. The zero-order valence-corrected chi connectivity index (χ0v) is 14.7. The third-order valence-electron chi connectivity index (χ3n) is 5.07. The zero-order chi connectivity index (χ0) is 15.2. The van der Waals surface area contributed by atoms with Crippen molar-refractivity contribution >= 4 is 21.6 Å². The lowest BCUT2D eigenvalue weighted by molar-refractivity contribution is 0.0549. The first-order valence-electron chi connectivity index (χ1n) is 7.36. The molecule has 1 aliphatic heterocycles. The maximum Gasteiger partial charge on any atom is 0.164 e. The molecule has 118 valence electrons. The Hall–Kier alpha value is 0.220. The fourth-order valence-electron chi connectivity index (χ4n) is 4.31. The van der Waals surface area contributed by atoms with Crippen LogP contribution in [0.15, 0.2) is 0 Å². The first-order chi connectivity index (χ1) is 9.12. The van der Waals surface area contributed by atoms with Gasteiger partial charge in [0.25, 0.3) is 0 Å². The van der Waals surface area contributed by atoms with Crippen LogP contribution in [0.4, 0.5) is 0 Å². The van der Waals surface area contributed by atoms with Crippen LogP contribution in [-0.2, 0) is 9.84 Å². The van der Waals surface area contributed by atoms with Crippen LogP contribution < -0.4 is 5.73 Å². The van der Waals surface area contributed by atoms with Gasteiger partial charge in [-0.25, -0.2) is 8.42 Å². The average molecular weight is 321 g/mol. The van der Waals surface area contributed by atoms with Crippen molar-refractivity contribution in [2.45, 2.75) is 44.5 Å². The molecule has 0 aromatic carbocycles. The number of thioether (sulfide) groups is 1. The van der Waals surface area contributed by atoms with E-state index in [9.17, 15) is 8.42 Å². The highest BCUT2D eigenvalue weighted by Crippen LogP contribution is 2.51. The fraction of sp³-hybridized carbons (Fsp3) is 1.00. The molecule has 0 aromatic rings. The van der Waals surface area contributed by atoms with Crippen molar-refractivity contribution in [1.29, 1.82) is 0 Å². The monoisotopic (exact) mass is 320 g/mol. The SMILES string of the molecule is CC1CC(C)(C)CC1(CN)N1CCSCC1S(C)(=O)=O. The van der Waals surface area contributed by atoms with Crippen LogP contribution in [0.3, 0.4) is 0 Å². The Bertz CT molecular complexity index is 464. The van der Waals surface area contributed by atoms with Crippen LogP contribution >= 0.6 is 11.8 Å². The van der Waals surface area contributed by atoms with Crippen molar-refractivity contribution in [3.05, 3.63) is 0 Å². The number of sulfone groups is 1. The lowest BCUT2D eigenvalue weighted by atomic mass is 9.84. The van der Waals surface area contributed by atoms with Crippen molar-refractivity contribution < 1.29 is 8.42 Å². The van der Waals surface area contributed by atoms with Crippen molar-refractivity contribution in [1.82, 2.24) is 4.90 Å². The Labute approximate surface area is 127 Å². The minimum absolute atomic E-state index is 0.155. The van der Waals surface area contributed by atoms with Crippen LogP contribution in [-0.4, -0.2) is 55.1 Å². The fourth-order valence-corrected chi connectivity index (χ4v) is 7.24. The van der Waals surface area contributed by atoms with Crippen molar-refractivity contribution in [3.63, 3.8) is 0 Å². The molecule has 1 aliphatic carbocycles. The van der Waals surface area contributed by atoms with E-state index in [1.54, 1.807) is 11.8 Å². The van der Waals surface area contributed by atoms with Gasteiger partial charge in [-0.2, -0.15) is 11.8 Å². The molecule has 0 aromatic heterocycles. The van der Waals surface area contributed by atoms with Gasteiger partial charge in [-0.15, -0.1) is 0 Å². The van der Waals surface area contributed by atoms with Crippen LogP contribution in [0.5, 0.6) is 0 Å². The number of nitrogens with two attached hydrogens (primary N) is 1. The van der Waals surface area contributed by atoms with Gasteiger partial charge in [0.2, 0.25) is 0 Å². The second-order valence-corrected chi connectivity index (χ2v) is 10.7. The van der Waals surface area contributed by atoms with Gasteiger partial charge < -0.3 is 5.73 Å². The van der Waals surface area contributed by atoms with Crippen molar-refractivity contribution in [3.8, 4) is 0 Å². The summed E-state index contributed by atoms with van der Waals surface area (Å²) in [5.74, 6) is 2.11. The second-order valence-electron chi connectivity index (χ2n) is 7.31. The van der Waals surface area contributed by atoms with Gasteiger partial charge in [-0.05, 0) is 24.2 Å². The Kier molecular flexibility index (Phi) is 4.52. The third kappa shape index (κ3) is 2.89. The molecule has 3 unspecified atom stereocenters. The summed E-state index contributed by atoms with van der Waals surface area (Å²) in [6.45, 7) is 8.17. The van der Waals surface area contributed by atoms with Gasteiger partial charge >= 0.3 is 0 Å². The predicted octanol–water partition coefficient (Wildman–Crippen LogP) is 1.56. The summed E-state index contributed by atoms with van der Waals surface area (Å²) in [5.41, 5.74) is 6.26. The van der Waals surface area contributed by atoms with E-state index in [-0.39, 0.29) is 16.3 Å². The van der Waals surface area contributed by atoms with E-state index in [0.717, 1.165) is 25.1 Å². The molecule has 2 fully saturated rings. The Morgan fingerprint density at radius 2 is 2.05 bits per heavy atom. The minimum Gasteiger partial charge on any atom is -0.329 e. The van der Waals surface area contributed by atoms with Gasteiger partial charge in [0.1, 0.15) is 5.37 Å². The maximum atomic E-state index is 12.2. The van der Waals surface area contributed by atoms with E-state index in [1.807, 2.05) is 0 Å². The number of hydrogen-bond donors (Lipinski definition) is 1. The molecule has 6 heteroatoms. The van der Waals surface area contributed by atoms with Crippen LogP contribution in [0, 0.1) is 11.3 Å². The maximum absolute atomic E-state index is 12.2. The van der Waals surface area contributed by atoms with E-state index < -0.39 is 9.84 Å². The summed E-state index contributed by atoms with van der Waals surface area (Å²) in [5, 5.41) is -0.374. The van der Waals surface area contributed by atoms with E-state index in [4.69, 9.17) is 5.73 Å². The van der Waals surface area contributed by atoms with E-state index in [2.05, 4.69) is 25.7 Å². The van der Waals surface area contributed by atoms with E-state index >= 15 is 0 Å². The number of hydrogen-bond acceptors (Lipinski definition) is 5. The highest BCUT2D eigenvalue weighted by molar-refractivity contribution is 8.00. The summed E-state index contributed by atoms with van der Waals surface area (Å²) in [6.07, 6.45) is 3.48. The molecule has 2 rings (SSSR count). The highest BCUT2D eigenvalue weighted by Gasteiger charge is 2.54. The number of rotatable bonds is 3. The molecule has 4 nitrogen and oxygen atoms in total. The lowest BCUT2D eigenvalue weighted by Gasteiger charge is -2.49. The molecule has 0 amide bonds. The molecule has 0 bridgehead atoms. The van der Waals surface area contributed by atoms with Crippen LogP contribution in [0.2, 0.25) is 0 Å². The molecular weight excluding hydrogens is 292 g/mol. The van der Waals surface area contributed by atoms with Crippen molar-refractivity contribution in [2.75, 3.05) is 30.9 Å². The van der Waals surface area contributed by atoms with E-state index in [1.165, 1.54) is 6.26 Å². The third-order valence-corrected chi connectivity index (χ3v) is 7.71. The largest absolute Gasteiger partial charge is 0.329 e. The van der Waals surface area contributed by atoms with Gasteiger partial charge in [0.15, 0.2) is 9.84 Å². The van der Waals surface area contributed by atoms with Crippen molar-refractivity contribution in [2.24, 2.45) is 17.1 Å². The first-order valence-corrected chi connectivity index (χ1v) is 10.5. The molecular formula is C14H28N2O2S2. The summed E-state index contributed by atoms with van der Waals surface area (Å²) in [7, 11) is -3.07. The smallest absolute Gasteiger partial charge is 0.164 e. The molecule has 2 N–H and O–H groups in total. The number of nitrogens with zero attached hydrogens (tertiary/aromatic N) is 1. The standard InChI is InChI=1S/C14H28N2O2S2/c1-11-7-13(2,3)9-14(11,10-15)16-5-6-19-8-12(16)20(4,17)18/h11-12H,5-10,15H2,1-4H3. The molecule has 20 heavy (non-hydrogen) atoms. The quantitative estimate of drug-likeness (QED) is 0.855. The topological polar surface area (TPSA) is 63.4 Å². The predicted molar refractivity (Wildman–Crippen MR) is 86.6 cm³/mol. The normalized spacial score (nSPS) is 39.0. The summed E-state index contributed by atoms with van der Waals surface area (Å²) >= 11 is 1.74. The lowest BCUT2D eigenvalue weighted by Crippen LogP contribution is -2.63. The molecule has 3 atom stereocenters. The summed E-state index contributed by atoms with van der Waals surface area (Å²) in [6, 6.07) is 0. The van der Waals surface area contributed by atoms with Crippen LogP contribution in [0.25, 0.3) is 0 Å². The molecule has 2 aliphatic rings.